The number of rotatable bonds is 2. The number of hydrogen-bond donors (Lipinski definition) is 0. The van der Waals surface area contributed by atoms with Crippen LogP contribution in [0.3, 0.4) is 0 Å². The lowest BCUT2D eigenvalue weighted by Gasteiger charge is -2.39. The smallest absolute Gasteiger partial charge is 0.254 e. The summed E-state index contributed by atoms with van der Waals surface area (Å²) in [5, 5.41) is 3.87. The van der Waals surface area contributed by atoms with E-state index in [0.29, 0.717) is 12.1 Å². The number of fused-ring (bicyclic) bond motifs is 1. The fraction of sp³-hybridized carbons (Fsp3) is 0.643. The first-order valence-corrected chi connectivity index (χ1v) is 7.80. The highest BCUT2D eigenvalue weighted by Crippen LogP contribution is 2.26. The summed E-state index contributed by atoms with van der Waals surface area (Å²) in [6.45, 7) is 7.69. The minimum absolute atomic E-state index is 0.142. The molecular weight excluding hydrogens is 260 g/mol. The Morgan fingerprint density at radius 1 is 1.47 bits per heavy atom. The second-order valence-electron chi connectivity index (χ2n) is 5.53. The quantitative estimate of drug-likeness (QED) is 0.826. The maximum Gasteiger partial charge on any atom is 0.254 e. The fourth-order valence-electron chi connectivity index (χ4n) is 3.09. The van der Waals surface area contributed by atoms with Crippen molar-refractivity contribution in [1.29, 1.82) is 0 Å². The van der Waals surface area contributed by atoms with Crippen molar-refractivity contribution in [2.24, 2.45) is 0 Å². The van der Waals surface area contributed by atoms with Gasteiger partial charge in [-0.25, -0.2) is 0 Å². The topological polar surface area (TPSA) is 32.8 Å². The summed E-state index contributed by atoms with van der Waals surface area (Å²) in [5.41, 5.74) is 0.805. The Morgan fingerprint density at radius 2 is 2.32 bits per heavy atom. The largest absolute Gasteiger partial charge is 0.373 e. The molecule has 5 heteroatoms. The van der Waals surface area contributed by atoms with Gasteiger partial charge in [0, 0.05) is 31.1 Å². The zero-order chi connectivity index (χ0) is 13.4. The second-order valence-corrected chi connectivity index (χ2v) is 6.31. The first-order chi connectivity index (χ1) is 9.16. The molecule has 2 saturated heterocycles. The second kappa shape index (κ2) is 5.23. The summed E-state index contributed by atoms with van der Waals surface area (Å²) in [7, 11) is 0. The molecule has 0 unspecified atom stereocenters. The average molecular weight is 280 g/mol. The van der Waals surface area contributed by atoms with Crippen molar-refractivity contribution in [3.05, 3.63) is 22.4 Å². The Hall–Kier alpha value is -0.910. The van der Waals surface area contributed by atoms with Gasteiger partial charge in [0.25, 0.3) is 5.91 Å². The zero-order valence-corrected chi connectivity index (χ0v) is 12.2. The monoisotopic (exact) mass is 280 g/mol. The number of morpholine rings is 1. The van der Waals surface area contributed by atoms with Gasteiger partial charge in [-0.1, -0.05) is 0 Å². The highest BCUT2D eigenvalue weighted by atomic mass is 32.1. The van der Waals surface area contributed by atoms with E-state index in [1.807, 2.05) is 21.7 Å². The minimum Gasteiger partial charge on any atom is -0.373 e. The van der Waals surface area contributed by atoms with Crippen LogP contribution in [0.25, 0.3) is 0 Å². The van der Waals surface area contributed by atoms with Crippen molar-refractivity contribution in [2.45, 2.75) is 32.0 Å². The van der Waals surface area contributed by atoms with Crippen molar-refractivity contribution in [3.63, 3.8) is 0 Å². The molecule has 1 aromatic heterocycles. The van der Waals surface area contributed by atoms with Crippen LogP contribution in [0.5, 0.6) is 0 Å². The van der Waals surface area contributed by atoms with Crippen LogP contribution in [0.15, 0.2) is 16.8 Å². The van der Waals surface area contributed by atoms with E-state index in [2.05, 4.69) is 18.7 Å². The normalized spacial score (nSPS) is 27.8. The molecule has 0 aromatic carbocycles. The van der Waals surface area contributed by atoms with E-state index in [9.17, 15) is 4.79 Å². The molecule has 0 aliphatic carbocycles. The Balaban J connectivity index is 1.73. The molecule has 3 heterocycles. The molecule has 1 aromatic rings. The summed E-state index contributed by atoms with van der Waals surface area (Å²) in [4.78, 5) is 16.8. The van der Waals surface area contributed by atoms with Gasteiger partial charge >= 0.3 is 0 Å². The number of thiophene rings is 1. The van der Waals surface area contributed by atoms with Crippen LogP contribution in [0.2, 0.25) is 0 Å². The third-order valence-electron chi connectivity index (χ3n) is 4.06. The van der Waals surface area contributed by atoms with Gasteiger partial charge in [0.2, 0.25) is 0 Å². The van der Waals surface area contributed by atoms with E-state index < -0.39 is 0 Å². The molecule has 2 fully saturated rings. The number of nitrogens with zero attached hydrogens (tertiary/aromatic N) is 2. The van der Waals surface area contributed by atoms with Crippen LogP contribution in [-0.4, -0.2) is 60.1 Å². The molecule has 1 amide bonds. The summed E-state index contributed by atoms with van der Waals surface area (Å²) in [5.74, 6) is 0.142. The van der Waals surface area contributed by atoms with Crippen molar-refractivity contribution in [2.75, 3.05) is 26.2 Å². The molecular formula is C14H20N2O2S. The predicted octanol–water partition coefficient (Wildman–Crippen LogP) is 1.68. The van der Waals surface area contributed by atoms with Gasteiger partial charge in [0.1, 0.15) is 0 Å². The van der Waals surface area contributed by atoms with Gasteiger partial charge in [0.05, 0.1) is 24.3 Å². The van der Waals surface area contributed by atoms with Crippen LogP contribution in [-0.2, 0) is 4.74 Å². The van der Waals surface area contributed by atoms with E-state index >= 15 is 0 Å². The van der Waals surface area contributed by atoms with Gasteiger partial charge in [0.15, 0.2) is 0 Å². The van der Waals surface area contributed by atoms with Gasteiger partial charge < -0.3 is 9.64 Å². The van der Waals surface area contributed by atoms with Crippen molar-refractivity contribution < 1.29 is 9.53 Å². The average Bonchev–Trinajstić information content (AvgIpc) is 3.06. The first kappa shape index (κ1) is 13.1. The highest BCUT2D eigenvalue weighted by molar-refractivity contribution is 7.08. The molecule has 0 saturated carbocycles. The SMILES string of the molecule is CC(C)N1CCO[C@H]2CN(C(=O)c3ccsc3)C[C@@H]21. The fourth-order valence-corrected chi connectivity index (χ4v) is 3.72. The summed E-state index contributed by atoms with van der Waals surface area (Å²) < 4.78 is 5.85. The van der Waals surface area contributed by atoms with Gasteiger partial charge in [-0.15, -0.1) is 0 Å². The molecule has 4 nitrogen and oxygen atoms in total. The standard InChI is InChI=1S/C14H20N2O2S/c1-10(2)16-4-5-18-13-8-15(7-12(13)16)14(17)11-3-6-19-9-11/h3,6,9-10,12-13H,4-5,7-8H2,1-2H3/t12-,13-/m0/s1. The lowest BCUT2D eigenvalue weighted by atomic mass is 10.1. The molecule has 2 aliphatic heterocycles. The zero-order valence-electron chi connectivity index (χ0n) is 11.4. The molecule has 0 radical (unpaired) electrons. The van der Waals surface area contributed by atoms with Crippen LogP contribution in [0.4, 0.5) is 0 Å². The van der Waals surface area contributed by atoms with Crippen molar-refractivity contribution in [3.8, 4) is 0 Å². The van der Waals surface area contributed by atoms with E-state index in [1.165, 1.54) is 0 Å². The van der Waals surface area contributed by atoms with Gasteiger partial charge in [-0.2, -0.15) is 11.3 Å². The third-order valence-corrected chi connectivity index (χ3v) is 4.75. The van der Waals surface area contributed by atoms with E-state index in [1.54, 1.807) is 11.3 Å². The maximum absolute atomic E-state index is 12.4. The molecule has 2 aliphatic rings. The molecule has 0 bridgehead atoms. The minimum atomic E-state index is 0.142. The van der Waals surface area contributed by atoms with Crippen molar-refractivity contribution >= 4 is 17.2 Å². The summed E-state index contributed by atoms with van der Waals surface area (Å²) in [6, 6.07) is 2.76. The molecule has 19 heavy (non-hydrogen) atoms. The lowest BCUT2D eigenvalue weighted by Crippen LogP contribution is -2.53. The van der Waals surface area contributed by atoms with Crippen molar-refractivity contribution in [1.82, 2.24) is 9.80 Å². The highest BCUT2D eigenvalue weighted by Gasteiger charge is 2.42. The summed E-state index contributed by atoms with van der Waals surface area (Å²) in [6.07, 6.45) is 0.179. The van der Waals surface area contributed by atoms with Crippen LogP contribution in [0, 0.1) is 0 Å². The predicted molar refractivity (Wildman–Crippen MR) is 75.6 cm³/mol. The molecule has 0 N–H and O–H groups in total. The molecule has 2 atom stereocenters. The Kier molecular flexibility index (Phi) is 3.60. The number of likely N-dealkylation sites (tertiary alicyclic amines) is 1. The first-order valence-electron chi connectivity index (χ1n) is 6.85. The van der Waals surface area contributed by atoms with Crippen LogP contribution < -0.4 is 0 Å². The lowest BCUT2D eigenvalue weighted by molar-refractivity contribution is -0.0582. The summed E-state index contributed by atoms with van der Waals surface area (Å²) >= 11 is 1.57. The number of carbonyl (C=O) groups is 1. The number of amides is 1. The molecule has 104 valence electrons. The Bertz CT molecular complexity index is 446. The Labute approximate surface area is 118 Å². The molecule has 0 spiro atoms. The number of hydrogen-bond acceptors (Lipinski definition) is 4. The van der Waals surface area contributed by atoms with E-state index in [0.717, 1.165) is 31.8 Å². The van der Waals surface area contributed by atoms with E-state index in [4.69, 9.17) is 4.74 Å². The Morgan fingerprint density at radius 3 is 3.00 bits per heavy atom. The third kappa shape index (κ3) is 2.42. The van der Waals surface area contributed by atoms with Crippen LogP contribution in [0.1, 0.15) is 24.2 Å². The van der Waals surface area contributed by atoms with Gasteiger partial charge in [-0.3, -0.25) is 9.69 Å². The number of carbonyl (C=O) groups excluding carboxylic acids is 1. The maximum atomic E-state index is 12.4. The van der Waals surface area contributed by atoms with E-state index in [-0.39, 0.29) is 12.0 Å². The number of ether oxygens (including phenoxy) is 1. The molecule has 3 rings (SSSR count). The van der Waals surface area contributed by atoms with Crippen LogP contribution >= 0.6 is 11.3 Å². The van der Waals surface area contributed by atoms with Gasteiger partial charge in [-0.05, 0) is 25.3 Å².